The number of aryl methyl sites for hydroxylation is 1. The van der Waals surface area contributed by atoms with Crippen LogP contribution in [0.25, 0.3) is 0 Å². The minimum Gasteiger partial charge on any atom is -0.369 e. The lowest BCUT2D eigenvalue weighted by Crippen LogP contribution is -2.46. The molecule has 0 saturated carbocycles. The number of nitrogens with two attached hydrogens (primary N) is 1. The Kier molecular flexibility index (Phi) is 4.63. The fraction of sp³-hybridized carbons (Fsp3) is 0.316. The van der Waals surface area contributed by atoms with Crippen molar-refractivity contribution in [2.75, 3.05) is 31.1 Å². The minimum atomic E-state index is -0.365. The van der Waals surface area contributed by atoms with Crippen LogP contribution in [0.2, 0.25) is 0 Å². The number of piperazine rings is 1. The summed E-state index contributed by atoms with van der Waals surface area (Å²) in [6.07, 6.45) is 0. The zero-order valence-corrected chi connectivity index (χ0v) is 13.5. The molecule has 4 heteroatoms. The number of nitrogens with zero attached hydrogens (tertiary/aromatic N) is 2. The zero-order chi connectivity index (χ0) is 16.2. The highest BCUT2D eigenvalue weighted by molar-refractivity contribution is 5.92. The van der Waals surface area contributed by atoms with E-state index in [4.69, 9.17) is 5.73 Å². The van der Waals surface area contributed by atoms with Crippen molar-refractivity contribution in [2.24, 2.45) is 5.73 Å². The molecule has 4 nitrogen and oxygen atoms in total. The predicted molar refractivity (Wildman–Crippen MR) is 93.6 cm³/mol. The van der Waals surface area contributed by atoms with Gasteiger partial charge in [0.1, 0.15) is 0 Å². The van der Waals surface area contributed by atoms with Gasteiger partial charge in [0, 0.05) is 44.0 Å². The Morgan fingerprint density at radius 3 is 2.48 bits per heavy atom. The maximum absolute atomic E-state index is 11.3. The van der Waals surface area contributed by atoms with Crippen LogP contribution in [-0.4, -0.2) is 37.0 Å². The second-order valence-corrected chi connectivity index (χ2v) is 6.11. The van der Waals surface area contributed by atoms with Gasteiger partial charge in [0.15, 0.2) is 0 Å². The minimum absolute atomic E-state index is 0.365. The van der Waals surface area contributed by atoms with Gasteiger partial charge in [-0.15, -0.1) is 0 Å². The molecule has 0 aliphatic carbocycles. The summed E-state index contributed by atoms with van der Waals surface area (Å²) in [4.78, 5) is 16.2. The smallest absolute Gasteiger partial charge is 0.248 e. The third-order valence-corrected chi connectivity index (χ3v) is 4.45. The molecule has 0 bridgehead atoms. The summed E-state index contributed by atoms with van der Waals surface area (Å²) >= 11 is 0. The summed E-state index contributed by atoms with van der Waals surface area (Å²) in [6.45, 7) is 7.13. The van der Waals surface area contributed by atoms with Gasteiger partial charge >= 0.3 is 0 Å². The van der Waals surface area contributed by atoms with Crippen molar-refractivity contribution in [2.45, 2.75) is 13.5 Å². The van der Waals surface area contributed by atoms with Crippen molar-refractivity contribution < 1.29 is 4.79 Å². The average molecular weight is 309 g/mol. The molecule has 0 spiro atoms. The monoisotopic (exact) mass is 309 g/mol. The van der Waals surface area contributed by atoms with Crippen LogP contribution in [0.1, 0.15) is 21.5 Å². The van der Waals surface area contributed by atoms with Crippen molar-refractivity contribution in [3.05, 3.63) is 65.2 Å². The van der Waals surface area contributed by atoms with Crippen LogP contribution < -0.4 is 10.6 Å². The Labute approximate surface area is 137 Å². The quantitative estimate of drug-likeness (QED) is 0.943. The number of rotatable bonds is 4. The summed E-state index contributed by atoms with van der Waals surface area (Å²) in [5.74, 6) is -0.365. The van der Waals surface area contributed by atoms with Crippen molar-refractivity contribution in [1.82, 2.24) is 4.90 Å². The Bertz CT molecular complexity index is 691. The number of carbonyl (C=O) groups is 1. The fourth-order valence-electron chi connectivity index (χ4n) is 3.15. The van der Waals surface area contributed by atoms with Gasteiger partial charge in [-0.05, 0) is 36.2 Å². The number of carbonyl (C=O) groups excluding carboxylic acids is 1. The van der Waals surface area contributed by atoms with Crippen LogP contribution in [0.5, 0.6) is 0 Å². The second-order valence-electron chi connectivity index (χ2n) is 6.11. The molecular weight excluding hydrogens is 286 g/mol. The number of hydrogen-bond donors (Lipinski definition) is 1. The lowest BCUT2D eigenvalue weighted by atomic mass is 10.1. The van der Waals surface area contributed by atoms with Crippen molar-refractivity contribution in [3.63, 3.8) is 0 Å². The number of hydrogen-bond acceptors (Lipinski definition) is 3. The van der Waals surface area contributed by atoms with Gasteiger partial charge in [-0.3, -0.25) is 9.69 Å². The Balaban J connectivity index is 1.60. The van der Waals surface area contributed by atoms with Crippen molar-refractivity contribution >= 4 is 11.6 Å². The molecule has 1 aliphatic heterocycles. The summed E-state index contributed by atoms with van der Waals surface area (Å²) < 4.78 is 0. The summed E-state index contributed by atoms with van der Waals surface area (Å²) in [5.41, 5.74) is 9.75. The maximum atomic E-state index is 11.3. The number of amides is 1. The van der Waals surface area contributed by atoms with Crippen LogP contribution in [0.15, 0.2) is 48.5 Å². The van der Waals surface area contributed by atoms with Crippen molar-refractivity contribution in [1.29, 1.82) is 0 Å². The van der Waals surface area contributed by atoms with Gasteiger partial charge in [0.2, 0.25) is 5.91 Å². The first kappa shape index (κ1) is 15.6. The third kappa shape index (κ3) is 3.71. The average Bonchev–Trinajstić information content (AvgIpc) is 2.56. The Morgan fingerprint density at radius 2 is 1.78 bits per heavy atom. The van der Waals surface area contributed by atoms with Gasteiger partial charge < -0.3 is 10.6 Å². The molecule has 1 amide bonds. The number of benzene rings is 2. The third-order valence-electron chi connectivity index (χ3n) is 4.45. The van der Waals surface area contributed by atoms with Crippen LogP contribution in [0, 0.1) is 6.92 Å². The van der Waals surface area contributed by atoms with Crippen LogP contribution in [-0.2, 0) is 6.54 Å². The molecule has 2 N–H and O–H groups in total. The van der Waals surface area contributed by atoms with E-state index >= 15 is 0 Å². The molecule has 3 rings (SSSR count). The molecule has 2 aromatic rings. The largest absolute Gasteiger partial charge is 0.369 e. The molecule has 2 aromatic carbocycles. The van der Waals surface area contributed by atoms with E-state index in [1.54, 1.807) is 6.07 Å². The number of para-hydroxylation sites is 1. The molecule has 0 radical (unpaired) electrons. The van der Waals surface area contributed by atoms with Gasteiger partial charge in [-0.1, -0.05) is 30.3 Å². The lowest BCUT2D eigenvalue weighted by Gasteiger charge is -2.36. The first-order valence-electron chi connectivity index (χ1n) is 8.05. The summed E-state index contributed by atoms with van der Waals surface area (Å²) in [7, 11) is 0. The molecule has 120 valence electrons. The Hall–Kier alpha value is -2.33. The summed E-state index contributed by atoms with van der Waals surface area (Å²) in [6, 6.07) is 16.2. The molecule has 1 fully saturated rings. The molecule has 1 heterocycles. The highest BCUT2D eigenvalue weighted by Gasteiger charge is 2.18. The van der Waals surface area contributed by atoms with Gasteiger partial charge in [0.05, 0.1) is 0 Å². The van der Waals surface area contributed by atoms with Crippen molar-refractivity contribution in [3.8, 4) is 0 Å². The number of primary amides is 1. The molecule has 23 heavy (non-hydrogen) atoms. The molecular formula is C19H23N3O. The van der Waals surface area contributed by atoms with E-state index in [0.717, 1.165) is 38.3 Å². The molecule has 1 saturated heterocycles. The fourth-order valence-corrected chi connectivity index (χ4v) is 3.15. The van der Waals surface area contributed by atoms with E-state index in [2.05, 4.69) is 47.1 Å². The molecule has 0 unspecified atom stereocenters. The highest BCUT2D eigenvalue weighted by Crippen LogP contribution is 2.21. The van der Waals surface area contributed by atoms with Gasteiger partial charge in [0.25, 0.3) is 0 Å². The first-order valence-corrected chi connectivity index (χ1v) is 8.05. The number of anilines is 1. The van der Waals surface area contributed by atoms with Gasteiger partial charge in [-0.25, -0.2) is 0 Å². The van der Waals surface area contributed by atoms with E-state index in [-0.39, 0.29) is 5.91 Å². The van der Waals surface area contributed by atoms with Crippen LogP contribution >= 0.6 is 0 Å². The molecule has 1 aliphatic rings. The van der Waals surface area contributed by atoms with Crippen LogP contribution in [0.4, 0.5) is 5.69 Å². The standard InChI is InChI=1S/C19H23N3O/c1-15-5-2-3-8-18(15)22-11-9-21(10-12-22)14-16-6-4-7-17(13-16)19(20)23/h2-8,13H,9-12,14H2,1H3,(H2,20,23). The highest BCUT2D eigenvalue weighted by atomic mass is 16.1. The van der Waals surface area contributed by atoms with E-state index in [0.29, 0.717) is 5.56 Å². The van der Waals surface area contributed by atoms with E-state index < -0.39 is 0 Å². The SMILES string of the molecule is Cc1ccccc1N1CCN(Cc2cccc(C(N)=O)c2)CC1. The van der Waals surface area contributed by atoms with Gasteiger partial charge in [-0.2, -0.15) is 0 Å². The van der Waals surface area contributed by atoms with Crippen LogP contribution in [0.3, 0.4) is 0 Å². The van der Waals surface area contributed by atoms with E-state index in [9.17, 15) is 4.79 Å². The lowest BCUT2D eigenvalue weighted by molar-refractivity contribution is 0.1000. The predicted octanol–water partition coefficient (Wildman–Crippen LogP) is 2.42. The molecule has 0 aromatic heterocycles. The van der Waals surface area contributed by atoms with E-state index in [1.165, 1.54) is 11.3 Å². The Morgan fingerprint density at radius 1 is 1.04 bits per heavy atom. The van der Waals surface area contributed by atoms with E-state index in [1.807, 2.05) is 12.1 Å². The summed E-state index contributed by atoms with van der Waals surface area (Å²) in [5, 5.41) is 0. The normalized spacial score (nSPS) is 15.6. The molecule has 0 atom stereocenters. The maximum Gasteiger partial charge on any atom is 0.248 e. The zero-order valence-electron chi connectivity index (χ0n) is 13.5. The first-order chi connectivity index (χ1) is 11.1. The second kappa shape index (κ2) is 6.84. The topological polar surface area (TPSA) is 49.6 Å².